The van der Waals surface area contributed by atoms with Gasteiger partial charge in [-0.25, -0.2) is 0 Å². The van der Waals surface area contributed by atoms with Gasteiger partial charge in [0.2, 0.25) is 0 Å². The van der Waals surface area contributed by atoms with Gasteiger partial charge in [0, 0.05) is 5.39 Å². The van der Waals surface area contributed by atoms with Crippen LogP contribution in [0.2, 0.25) is 0 Å². The summed E-state index contributed by atoms with van der Waals surface area (Å²) in [4.78, 5) is -1.38. The standard InChI is InChI=1S/C10H8O7S2.2Na.2H/c11-7-2-1-6-3-8(18(12,13)14)5-10(9(6)4-7)19(15,16)17;;;;/h1-5,11H,(H,12,13,14)(H,15,16,17);;;;. The van der Waals surface area contributed by atoms with E-state index in [9.17, 15) is 21.9 Å². The molecule has 0 radical (unpaired) electrons. The predicted molar refractivity (Wildman–Crippen MR) is 79.5 cm³/mol. The molecule has 0 aromatic heterocycles. The van der Waals surface area contributed by atoms with Crippen molar-refractivity contribution in [2.75, 3.05) is 0 Å². The fourth-order valence-electron chi connectivity index (χ4n) is 1.65. The molecular formula is C10H10Na2O7S2. The Balaban J connectivity index is 0.00000200. The summed E-state index contributed by atoms with van der Waals surface area (Å²) < 4.78 is 62.6. The van der Waals surface area contributed by atoms with Crippen LogP contribution < -0.4 is 0 Å². The topological polar surface area (TPSA) is 129 Å². The van der Waals surface area contributed by atoms with E-state index in [1.165, 1.54) is 12.1 Å². The van der Waals surface area contributed by atoms with Gasteiger partial charge in [-0.3, -0.25) is 9.11 Å². The van der Waals surface area contributed by atoms with Crippen LogP contribution >= 0.6 is 0 Å². The van der Waals surface area contributed by atoms with Gasteiger partial charge in [-0.15, -0.1) is 0 Å². The van der Waals surface area contributed by atoms with Gasteiger partial charge in [0.25, 0.3) is 20.2 Å². The molecule has 0 unspecified atom stereocenters. The number of hydrogen-bond donors (Lipinski definition) is 3. The molecule has 0 aliphatic heterocycles. The molecule has 0 fully saturated rings. The third kappa shape index (κ3) is 4.90. The quantitative estimate of drug-likeness (QED) is 0.502. The Morgan fingerprint density at radius 2 is 1.38 bits per heavy atom. The summed E-state index contributed by atoms with van der Waals surface area (Å²) in [6.45, 7) is 0. The second-order valence-corrected chi connectivity index (χ2v) is 6.59. The van der Waals surface area contributed by atoms with E-state index in [2.05, 4.69) is 0 Å². The number of rotatable bonds is 2. The average Bonchev–Trinajstić information content (AvgIpc) is 2.24. The number of phenols is 1. The van der Waals surface area contributed by atoms with Crippen molar-refractivity contribution in [2.24, 2.45) is 0 Å². The fourth-order valence-corrected chi connectivity index (χ4v) is 3.00. The first-order valence-electron chi connectivity index (χ1n) is 4.81. The van der Waals surface area contributed by atoms with Crippen molar-refractivity contribution < 1.29 is 31.0 Å². The van der Waals surface area contributed by atoms with E-state index in [0.29, 0.717) is 6.07 Å². The SMILES string of the molecule is O=S(=O)(O)c1cc(S(=O)(=O)O)c2cc(O)ccc2c1.[NaH].[NaH]. The molecule has 0 bridgehead atoms. The summed E-state index contributed by atoms with van der Waals surface area (Å²) in [6.07, 6.45) is 0. The van der Waals surface area contributed by atoms with Crippen LogP contribution in [0.1, 0.15) is 0 Å². The molecule has 21 heavy (non-hydrogen) atoms. The van der Waals surface area contributed by atoms with Gasteiger partial charge < -0.3 is 5.11 Å². The summed E-state index contributed by atoms with van der Waals surface area (Å²) >= 11 is 0. The first-order chi connectivity index (χ1) is 8.59. The van der Waals surface area contributed by atoms with Crippen molar-refractivity contribution in [2.45, 2.75) is 9.79 Å². The van der Waals surface area contributed by atoms with E-state index in [1.807, 2.05) is 0 Å². The van der Waals surface area contributed by atoms with E-state index in [1.54, 1.807) is 0 Å². The molecule has 0 aliphatic carbocycles. The molecule has 2 aromatic rings. The summed E-state index contributed by atoms with van der Waals surface area (Å²) in [5.41, 5.74) is 0. The van der Waals surface area contributed by atoms with Gasteiger partial charge in [-0.1, -0.05) is 6.07 Å². The van der Waals surface area contributed by atoms with Crippen molar-refractivity contribution in [1.82, 2.24) is 0 Å². The van der Waals surface area contributed by atoms with Gasteiger partial charge in [0.05, 0.1) is 4.90 Å². The average molecular weight is 352 g/mol. The fraction of sp³-hybridized carbons (Fsp3) is 0. The van der Waals surface area contributed by atoms with E-state index < -0.39 is 30.0 Å². The number of benzene rings is 2. The molecule has 0 atom stereocenters. The zero-order chi connectivity index (χ0) is 14.4. The minimum atomic E-state index is -4.72. The summed E-state index contributed by atoms with van der Waals surface area (Å²) in [5.74, 6) is -0.253. The van der Waals surface area contributed by atoms with Crippen molar-refractivity contribution in [3.63, 3.8) is 0 Å². The molecule has 7 nitrogen and oxygen atoms in total. The van der Waals surface area contributed by atoms with Crippen molar-refractivity contribution in [3.05, 3.63) is 30.3 Å². The molecule has 2 rings (SSSR count). The molecule has 106 valence electrons. The number of aromatic hydroxyl groups is 1. The van der Waals surface area contributed by atoms with Crippen LogP contribution in [0.3, 0.4) is 0 Å². The van der Waals surface area contributed by atoms with Crippen molar-refractivity contribution >= 4 is 90.1 Å². The zero-order valence-corrected chi connectivity index (χ0v) is 10.8. The first-order valence-corrected chi connectivity index (χ1v) is 7.69. The van der Waals surface area contributed by atoms with E-state index in [-0.39, 0.29) is 75.6 Å². The Morgan fingerprint density at radius 1 is 0.810 bits per heavy atom. The Kier molecular flexibility index (Phi) is 7.37. The van der Waals surface area contributed by atoms with Gasteiger partial charge in [0.1, 0.15) is 10.6 Å². The third-order valence-corrected chi connectivity index (χ3v) is 4.17. The normalized spacial score (nSPS) is 11.5. The number of fused-ring (bicyclic) bond motifs is 1. The second kappa shape index (κ2) is 7.26. The van der Waals surface area contributed by atoms with Gasteiger partial charge in [0.15, 0.2) is 0 Å². The molecule has 0 heterocycles. The van der Waals surface area contributed by atoms with Crippen LogP contribution in [-0.4, -0.2) is 90.2 Å². The maximum absolute atomic E-state index is 11.2. The molecule has 2 aromatic carbocycles. The molecule has 0 amide bonds. The van der Waals surface area contributed by atoms with Crippen molar-refractivity contribution in [1.29, 1.82) is 0 Å². The van der Waals surface area contributed by atoms with Crippen molar-refractivity contribution in [3.8, 4) is 5.75 Å². The molecule has 0 saturated carbocycles. The molecule has 0 aliphatic rings. The van der Waals surface area contributed by atoms with Crippen LogP contribution in [0, 0.1) is 0 Å². The monoisotopic (exact) mass is 352 g/mol. The van der Waals surface area contributed by atoms with Crippen LogP contribution in [0.4, 0.5) is 0 Å². The minimum absolute atomic E-state index is 0. The molecule has 0 spiro atoms. The second-order valence-electron chi connectivity index (χ2n) is 3.78. The Morgan fingerprint density at radius 3 is 1.86 bits per heavy atom. The van der Waals surface area contributed by atoms with Gasteiger partial charge in [-0.2, -0.15) is 16.8 Å². The van der Waals surface area contributed by atoms with Crippen LogP contribution in [0.15, 0.2) is 40.1 Å². The van der Waals surface area contributed by atoms with E-state index in [0.717, 1.165) is 12.1 Å². The van der Waals surface area contributed by atoms with Crippen LogP contribution in [0.25, 0.3) is 10.8 Å². The number of hydrogen-bond acceptors (Lipinski definition) is 5. The zero-order valence-electron chi connectivity index (χ0n) is 9.18. The molecule has 11 heteroatoms. The molecular weight excluding hydrogens is 342 g/mol. The Hall–Kier alpha value is 0.320. The third-order valence-electron chi connectivity index (χ3n) is 2.45. The van der Waals surface area contributed by atoms with E-state index in [4.69, 9.17) is 9.11 Å². The van der Waals surface area contributed by atoms with E-state index >= 15 is 0 Å². The maximum atomic E-state index is 11.2. The summed E-state index contributed by atoms with van der Waals surface area (Å²) in [7, 11) is -9.34. The number of phenolic OH excluding ortho intramolecular Hbond substituents is 1. The summed E-state index contributed by atoms with van der Waals surface area (Å²) in [5, 5.41) is 9.37. The van der Waals surface area contributed by atoms with Crippen LogP contribution in [0.5, 0.6) is 5.75 Å². The molecule has 3 N–H and O–H groups in total. The Bertz CT molecular complexity index is 876. The van der Waals surface area contributed by atoms with Gasteiger partial charge >= 0.3 is 59.1 Å². The van der Waals surface area contributed by atoms with Crippen LogP contribution in [-0.2, 0) is 20.2 Å². The Labute approximate surface area is 165 Å². The van der Waals surface area contributed by atoms with Gasteiger partial charge in [-0.05, 0) is 29.7 Å². The predicted octanol–water partition coefficient (Wildman–Crippen LogP) is -0.258. The molecule has 0 saturated heterocycles. The first kappa shape index (κ1) is 21.3. The summed E-state index contributed by atoms with van der Waals surface area (Å²) in [6, 6.07) is 5.18.